The third-order valence-corrected chi connectivity index (χ3v) is 6.00. The molecule has 3 aromatic carbocycles. The lowest BCUT2D eigenvalue weighted by Crippen LogP contribution is -2.14. The summed E-state index contributed by atoms with van der Waals surface area (Å²) in [5, 5.41) is 0.927. The van der Waals surface area contributed by atoms with Crippen LogP contribution in [0.15, 0.2) is 60.7 Å². The maximum atomic E-state index is 14.2. The number of halogens is 4. The molecule has 1 amide bonds. The lowest BCUT2D eigenvalue weighted by Gasteiger charge is -2.10. The highest BCUT2D eigenvalue weighted by Gasteiger charge is 2.28. The van der Waals surface area contributed by atoms with Crippen molar-refractivity contribution in [1.82, 2.24) is 4.98 Å². The molecule has 0 saturated heterocycles. The lowest BCUT2D eigenvalue weighted by atomic mass is 10.0. The van der Waals surface area contributed by atoms with Gasteiger partial charge in [-0.2, -0.15) is 0 Å². The standard InChI is InChI=1S/C25H17Cl2F2N3O3/c26-15-3-1-4-16(27)14(15)11-35-13-9-7-12(8-10-13)22-20(25(31)34)21(30)23(32-22)24(33)19-17(28)5-2-6-18(19)29/h1-10,32H,11,30H2,(H2,31,34). The summed E-state index contributed by atoms with van der Waals surface area (Å²) in [5.41, 5.74) is 11.0. The Kier molecular flexibility index (Phi) is 6.77. The van der Waals surface area contributed by atoms with Gasteiger partial charge in [-0.1, -0.05) is 35.3 Å². The first-order valence-electron chi connectivity index (χ1n) is 10.1. The van der Waals surface area contributed by atoms with E-state index in [2.05, 4.69) is 4.98 Å². The molecule has 0 saturated carbocycles. The molecule has 0 bridgehead atoms. The highest BCUT2D eigenvalue weighted by atomic mass is 35.5. The van der Waals surface area contributed by atoms with Crippen molar-refractivity contribution < 1.29 is 23.1 Å². The Hall–Kier alpha value is -3.88. The maximum Gasteiger partial charge on any atom is 0.253 e. The van der Waals surface area contributed by atoms with Gasteiger partial charge in [-0.25, -0.2) is 8.78 Å². The van der Waals surface area contributed by atoms with E-state index in [0.29, 0.717) is 26.9 Å². The van der Waals surface area contributed by atoms with Crippen LogP contribution in [0.2, 0.25) is 10.0 Å². The first-order chi connectivity index (χ1) is 16.7. The summed E-state index contributed by atoms with van der Waals surface area (Å²) in [5.74, 6) is -3.63. The first-order valence-corrected chi connectivity index (χ1v) is 10.9. The molecule has 1 aromatic heterocycles. The number of carbonyl (C=O) groups is 2. The van der Waals surface area contributed by atoms with Crippen LogP contribution in [0, 0.1) is 11.6 Å². The number of H-pyrrole nitrogens is 1. The highest BCUT2D eigenvalue weighted by molar-refractivity contribution is 6.35. The van der Waals surface area contributed by atoms with Gasteiger partial charge in [0.15, 0.2) is 0 Å². The Bertz CT molecular complexity index is 1410. The number of nitrogens with one attached hydrogen (secondary N) is 1. The van der Waals surface area contributed by atoms with Crippen LogP contribution in [0.3, 0.4) is 0 Å². The lowest BCUT2D eigenvalue weighted by molar-refractivity contribution is 0.100. The largest absolute Gasteiger partial charge is 0.489 e. The number of aromatic nitrogens is 1. The number of carbonyl (C=O) groups excluding carboxylic acids is 2. The first kappa shape index (κ1) is 24.3. The number of anilines is 1. The Labute approximate surface area is 208 Å². The number of ether oxygens (including phenoxy) is 1. The van der Waals surface area contributed by atoms with Gasteiger partial charge in [-0.05, 0) is 54.1 Å². The molecule has 10 heteroatoms. The number of ketones is 1. The molecule has 35 heavy (non-hydrogen) atoms. The van der Waals surface area contributed by atoms with Gasteiger partial charge in [0.25, 0.3) is 5.91 Å². The molecule has 0 fully saturated rings. The zero-order valence-electron chi connectivity index (χ0n) is 17.9. The number of rotatable bonds is 7. The molecule has 0 radical (unpaired) electrons. The zero-order valence-corrected chi connectivity index (χ0v) is 19.4. The number of primary amides is 1. The van der Waals surface area contributed by atoms with E-state index < -0.39 is 28.9 Å². The number of aromatic amines is 1. The predicted octanol–water partition coefficient (Wildman–Crippen LogP) is 5.76. The van der Waals surface area contributed by atoms with Crippen LogP contribution < -0.4 is 16.2 Å². The molecular weight excluding hydrogens is 499 g/mol. The fraction of sp³-hybridized carbons (Fsp3) is 0.0400. The normalized spacial score (nSPS) is 10.9. The smallest absolute Gasteiger partial charge is 0.253 e. The summed E-state index contributed by atoms with van der Waals surface area (Å²) in [6, 6.07) is 14.5. The number of benzene rings is 3. The SMILES string of the molecule is NC(=O)c1c(-c2ccc(OCc3c(Cl)cccc3Cl)cc2)[nH]c(C(=O)c2c(F)cccc2F)c1N. The van der Waals surface area contributed by atoms with Crippen molar-refractivity contribution in [3.63, 3.8) is 0 Å². The van der Waals surface area contributed by atoms with Crippen molar-refractivity contribution >= 4 is 40.6 Å². The van der Waals surface area contributed by atoms with E-state index in [1.54, 1.807) is 42.5 Å². The molecule has 4 rings (SSSR count). The van der Waals surface area contributed by atoms with Crippen molar-refractivity contribution in [3.8, 4) is 17.0 Å². The van der Waals surface area contributed by atoms with Gasteiger partial charge < -0.3 is 21.2 Å². The molecular formula is C25H17Cl2F2N3O3. The van der Waals surface area contributed by atoms with Crippen LogP contribution >= 0.6 is 23.2 Å². The van der Waals surface area contributed by atoms with Crippen LogP contribution in [0.25, 0.3) is 11.3 Å². The number of hydrogen-bond donors (Lipinski definition) is 3. The van der Waals surface area contributed by atoms with Gasteiger partial charge >= 0.3 is 0 Å². The zero-order chi connectivity index (χ0) is 25.3. The van der Waals surface area contributed by atoms with Gasteiger partial charge in [0, 0.05) is 15.6 Å². The fourth-order valence-electron chi connectivity index (χ4n) is 3.55. The number of nitrogen functional groups attached to an aromatic ring is 1. The molecule has 0 atom stereocenters. The van der Waals surface area contributed by atoms with Crippen LogP contribution in [0.1, 0.15) is 32.0 Å². The molecule has 6 nitrogen and oxygen atoms in total. The van der Waals surface area contributed by atoms with Gasteiger partial charge in [-0.15, -0.1) is 0 Å². The Morgan fingerprint density at radius 2 is 1.46 bits per heavy atom. The van der Waals surface area contributed by atoms with E-state index in [-0.39, 0.29) is 29.2 Å². The van der Waals surface area contributed by atoms with Crippen LogP contribution in [-0.2, 0) is 6.61 Å². The second-order valence-electron chi connectivity index (χ2n) is 7.47. The maximum absolute atomic E-state index is 14.2. The summed E-state index contributed by atoms with van der Waals surface area (Å²) in [6.45, 7) is 0.118. The summed E-state index contributed by atoms with van der Waals surface area (Å²) in [4.78, 5) is 27.7. The average Bonchev–Trinajstić information content (AvgIpc) is 3.16. The molecule has 0 spiro atoms. The van der Waals surface area contributed by atoms with Crippen molar-refractivity contribution in [2.75, 3.05) is 5.73 Å². The van der Waals surface area contributed by atoms with Crippen molar-refractivity contribution in [2.45, 2.75) is 6.61 Å². The molecule has 0 aliphatic carbocycles. The second kappa shape index (κ2) is 9.77. The molecule has 178 valence electrons. The summed E-state index contributed by atoms with van der Waals surface area (Å²) >= 11 is 12.3. The number of amides is 1. The Morgan fingerprint density at radius 3 is 2.03 bits per heavy atom. The van der Waals surface area contributed by atoms with Crippen molar-refractivity contribution in [1.29, 1.82) is 0 Å². The van der Waals surface area contributed by atoms with Gasteiger partial charge in [0.1, 0.15) is 29.7 Å². The van der Waals surface area contributed by atoms with Crippen LogP contribution in [0.4, 0.5) is 14.5 Å². The van der Waals surface area contributed by atoms with Gasteiger partial charge in [-0.3, -0.25) is 9.59 Å². The molecule has 0 unspecified atom stereocenters. The third kappa shape index (κ3) is 4.71. The third-order valence-electron chi connectivity index (χ3n) is 5.29. The molecule has 0 aliphatic rings. The van der Waals surface area contributed by atoms with Crippen LogP contribution in [-0.4, -0.2) is 16.7 Å². The fourth-order valence-corrected chi connectivity index (χ4v) is 4.06. The van der Waals surface area contributed by atoms with Gasteiger partial charge in [0.05, 0.1) is 22.5 Å². The number of nitrogens with two attached hydrogens (primary N) is 2. The summed E-state index contributed by atoms with van der Waals surface area (Å²) in [6.07, 6.45) is 0. The molecule has 1 heterocycles. The monoisotopic (exact) mass is 515 g/mol. The topological polar surface area (TPSA) is 111 Å². The Balaban J connectivity index is 1.66. The highest BCUT2D eigenvalue weighted by Crippen LogP contribution is 2.33. The summed E-state index contributed by atoms with van der Waals surface area (Å²) in [7, 11) is 0. The van der Waals surface area contributed by atoms with Gasteiger partial charge in [0.2, 0.25) is 5.78 Å². The minimum absolute atomic E-state index is 0.118. The quantitative estimate of drug-likeness (QED) is 0.271. The molecule has 5 N–H and O–H groups in total. The van der Waals surface area contributed by atoms with E-state index in [0.717, 1.165) is 18.2 Å². The van der Waals surface area contributed by atoms with Crippen molar-refractivity contribution in [2.24, 2.45) is 5.73 Å². The Morgan fingerprint density at radius 1 is 0.886 bits per heavy atom. The van der Waals surface area contributed by atoms with E-state index in [1.165, 1.54) is 0 Å². The van der Waals surface area contributed by atoms with E-state index in [4.69, 9.17) is 39.4 Å². The van der Waals surface area contributed by atoms with E-state index in [9.17, 15) is 18.4 Å². The molecule has 4 aromatic rings. The van der Waals surface area contributed by atoms with Crippen molar-refractivity contribution in [3.05, 3.63) is 105 Å². The van der Waals surface area contributed by atoms with Crippen LogP contribution in [0.5, 0.6) is 5.75 Å². The second-order valence-corrected chi connectivity index (χ2v) is 8.28. The predicted molar refractivity (Wildman–Crippen MR) is 130 cm³/mol. The summed E-state index contributed by atoms with van der Waals surface area (Å²) < 4.78 is 34.1. The minimum Gasteiger partial charge on any atom is -0.489 e. The average molecular weight is 516 g/mol. The number of hydrogen-bond acceptors (Lipinski definition) is 4. The van der Waals surface area contributed by atoms with E-state index >= 15 is 0 Å². The van der Waals surface area contributed by atoms with E-state index in [1.807, 2.05) is 0 Å². The molecule has 0 aliphatic heterocycles. The minimum atomic E-state index is -1.06.